The molecule has 1 aliphatic heterocycles. The standard InChI is InChI=1S/C20H24N6O/c1-26(2)18-6-5-15(12-24-18)16-10-17-19(23-9-8-22-17)20(25-16)27-13-14-4-3-7-21-11-14/h5-6,8-10,12,14,21H,3-4,7,11,13H2,1-2H3/t14-/m0/s1. The SMILES string of the molecule is CN(C)c1ccc(-c2cc3nccnc3c(OC[C@H]3CCCNC3)n2)cn1. The van der Waals surface area contributed by atoms with Crippen LogP contribution in [-0.2, 0) is 0 Å². The van der Waals surface area contributed by atoms with Crippen molar-refractivity contribution in [3.63, 3.8) is 0 Å². The Hall–Kier alpha value is -2.80. The Balaban J connectivity index is 1.65. The number of pyridine rings is 2. The monoisotopic (exact) mass is 364 g/mol. The topological polar surface area (TPSA) is 76.1 Å². The Kier molecular flexibility index (Phi) is 5.11. The van der Waals surface area contributed by atoms with Crippen molar-refractivity contribution in [3.8, 4) is 17.1 Å². The van der Waals surface area contributed by atoms with Gasteiger partial charge >= 0.3 is 0 Å². The number of nitrogens with one attached hydrogen (secondary N) is 1. The summed E-state index contributed by atoms with van der Waals surface area (Å²) in [4.78, 5) is 20.1. The van der Waals surface area contributed by atoms with Crippen molar-refractivity contribution >= 4 is 16.9 Å². The van der Waals surface area contributed by atoms with Crippen LogP contribution in [0.25, 0.3) is 22.3 Å². The Labute approximate surface area is 158 Å². The van der Waals surface area contributed by atoms with Crippen molar-refractivity contribution in [1.82, 2.24) is 25.3 Å². The van der Waals surface area contributed by atoms with E-state index in [9.17, 15) is 0 Å². The van der Waals surface area contributed by atoms with Gasteiger partial charge < -0.3 is 15.0 Å². The first-order chi connectivity index (χ1) is 13.2. The Bertz CT molecular complexity index is 906. The van der Waals surface area contributed by atoms with Crippen LogP contribution < -0.4 is 15.0 Å². The van der Waals surface area contributed by atoms with Gasteiger partial charge in [0.2, 0.25) is 5.88 Å². The zero-order valence-electron chi connectivity index (χ0n) is 15.7. The maximum atomic E-state index is 6.10. The van der Waals surface area contributed by atoms with Crippen LogP contribution in [0.1, 0.15) is 12.8 Å². The average molecular weight is 364 g/mol. The minimum atomic E-state index is 0.497. The second kappa shape index (κ2) is 7.84. The smallest absolute Gasteiger partial charge is 0.242 e. The molecule has 3 aromatic heterocycles. The van der Waals surface area contributed by atoms with Crippen LogP contribution in [0.5, 0.6) is 5.88 Å². The molecule has 0 saturated carbocycles. The van der Waals surface area contributed by atoms with Gasteiger partial charge in [0.25, 0.3) is 0 Å². The number of hydrogen-bond acceptors (Lipinski definition) is 7. The second-order valence-corrected chi connectivity index (χ2v) is 7.06. The fourth-order valence-corrected chi connectivity index (χ4v) is 3.26. The lowest BCUT2D eigenvalue weighted by molar-refractivity contribution is 0.214. The summed E-state index contributed by atoms with van der Waals surface area (Å²) in [5, 5.41) is 3.42. The van der Waals surface area contributed by atoms with E-state index in [0.29, 0.717) is 23.9 Å². The van der Waals surface area contributed by atoms with E-state index in [1.165, 1.54) is 12.8 Å². The molecule has 0 aliphatic carbocycles. The molecule has 1 N–H and O–H groups in total. The fourth-order valence-electron chi connectivity index (χ4n) is 3.26. The highest BCUT2D eigenvalue weighted by molar-refractivity contribution is 5.83. The molecule has 1 saturated heterocycles. The highest BCUT2D eigenvalue weighted by Gasteiger charge is 2.16. The number of hydrogen-bond donors (Lipinski definition) is 1. The van der Waals surface area contributed by atoms with Crippen molar-refractivity contribution in [3.05, 3.63) is 36.8 Å². The van der Waals surface area contributed by atoms with Crippen LogP contribution in [0, 0.1) is 5.92 Å². The van der Waals surface area contributed by atoms with E-state index in [-0.39, 0.29) is 0 Å². The van der Waals surface area contributed by atoms with E-state index < -0.39 is 0 Å². The maximum Gasteiger partial charge on any atom is 0.242 e. The van der Waals surface area contributed by atoms with Crippen molar-refractivity contribution in [2.45, 2.75) is 12.8 Å². The van der Waals surface area contributed by atoms with Crippen LogP contribution in [0.4, 0.5) is 5.82 Å². The van der Waals surface area contributed by atoms with Crippen molar-refractivity contribution in [2.75, 3.05) is 38.7 Å². The van der Waals surface area contributed by atoms with Crippen molar-refractivity contribution in [1.29, 1.82) is 0 Å². The predicted octanol–water partition coefficient (Wildman–Crippen LogP) is 2.53. The van der Waals surface area contributed by atoms with Gasteiger partial charge in [-0.1, -0.05) is 0 Å². The molecular weight excluding hydrogens is 340 g/mol. The fraction of sp³-hybridized carbons (Fsp3) is 0.400. The molecule has 3 aromatic rings. The maximum absolute atomic E-state index is 6.10. The Morgan fingerprint density at radius 3 is 2.81 bits per heavy atom. The summed E-state index contributed by atoms with van der Waals surface area (Å²) in [6.45, 7) is 2.71. The molecule has 0 aromatic carbocycles. The lowest BCUT2D eigenvalue weighted by Crippen LogP contribution is -2.33. The summed E-state index contributed by atoms with van der Waals surface area (Å²) in [7, 11) is 3.94. The van der Waals surface area contributed by atoms with Gasteiger partial charge in [-0.2, -0.15) is 0 Å². The molecular formula is C20H24N6O. The molecule has 0 bridgehead atoms. The van der Waals surface area contributed by atoms with E-state index in [1.807, 2.05) is 43.4 Å². The number of aromatic nitrogens is 4. The quantitative estimate of drug-likeness (QED) is 0.745. The van der Waals surface area contributed by atoms with Crippen molar-refractivity contribution < 1.29 is 4.74 Å². The molecule has 0 unspecified atom stereocenters. The molecule has 27 heavy (non-hydrogen) atoms. The highest BCUT2D eigenvalue weighted by atomic mass is 16.5. The van der Waals surface area contributed by atoms with Gasteiger partial charge in [-0.3, -0.25) is 4.98 Å². The molecule has 0 radical (unpaired) electrons. The third-order valence-electron chi connectivity index (χ3n) is 4.78. The third-order valence-corrected chi connectivity index (χ3v) is 4.78. The lowest BCUT2D eigenvalue weighted by atomic mass is 10.0. The zero-order valence-corrected chi connectivity index (χ0v) is 15.7. The molecule has 1 atom stereocenters. The van der Waals surface area contributed by atoms with Crippen LogP contribution in [0.3, 0.4) is 0 Å². The molecule has 4 rings (SSSR count). The molecule has 1 aliphatic rings. The molecule has 1 fully saturated rings. The first kappa shape index (κ1) is 17.6. The van der Waals surface area contributed by atoms with Crippen molar-refractivity contribution in [2.24, 2.45) is 5.92 Å². The van der Waals surface area contributed by atoms with E-state index in [2.05, 4.69) is 20.3 Å². The van der Waals surface area contributed by atoms with Gasteiger partial charge in [-0.15, -0.1) is 0 Å². The third kappa shape index (κ3) is 3.98. The van der Waals surface area contributed by atoms with Gasteiger partial charge in [-0.25, -0.2) is 15.0 Å². The minimum Gasteiger partial charge on any atom is -0.476 e. The zero-order chi connectivity index (χ0) is 18.6. The molecule has 7 heteroatoms. The first-order valence-electron chi connectivity index (χ1n) is 9.30. The largest absolute Gasteiger partial charge is 0.476 e. The number of ether oxygens (including phenoxy) is 1. The highest BCUT2D eigenvalue weighted by Crippen LogP contribution is 2.27. The Morgan fingerprint density at radius 2 is 2.07 bits per heavy atom. The summed E-state index contributed by atoms with van der Waals surface area (Å²) in [6, 6.07) is 5.93. The molecule has 0 spiro atoms. The van der Waals surface area contributed by atoms with E-state index in [4.69, 9.17) is 9.72 Å². The summed E-state index contributed by atoms with van der Waals surface area (Å²) < 4.78 is 6.10. The van der Waals surface area contributed by atoms with E-state index >= 15 is 0 Å². The number of fused-ring (bicyclic) bond motifs is 1. The summed E-state index contributed by atoms with van der Waals surface area (Å²) in [5.74, 6) is 1.94. The molecule has 140 valence electrons. The number of piperidine rings is 1. The molecule has 7 nitrogen and oxygen atoms in total. The first-order valence-corrected chi connectivity index (χ1v) is 9.30. The number of anilines is 1. The minimum absolute atomic E-state index is 0.497. The van der Waals surface area contributed by atoms with Gasteiger partial charge in [0.1, 0.15) is 5.82 Å². The number of nitrogens with zero attached hydrogens (tertiary/aromatic N) is 5. The second-order valence-electron chi connectivity index (χ2n) is 7.06. The molecule has 4 heterocycles. The van der Waals surface area contributed by atoms with E-state index in [1.54, 1.807) is 12.4 Å². The summed E-state index contributed by atoms with van der Waals surface area (Å²) in [5.41, 5.74) is 3.19. The molecule has 0 amide bonds. The van der Waals surface area contributed by atoms with Gasteiger partial charge in [0.05, 0.1) is 17.8 Å². The summed E-state index contributed by atoms with van der Waals surface area (Å²) in [6.07, 6.45) is 7.55. The summed E-state index contributed by atoms with van der Waals surface area (Å²) >= 11 is 0. The van der Waals surface area contributed by atoms with Crippen LogP contribution in [0.2, 0.25) is 0 Å². The van der Waals surface area contributed by atoms with Crippen LogP contribution >= 0.6 is 0 Å². The lowest BCUT2D eigenvalue weighted by Gasteiger charge is -2.22. The number of rotatable bonds is 5. The predicted molar refractivity (Wildman–Crippen MR) is 106 cm³/mol. The van der Waals surface area contributed by atoms with Gasteiger partial charge in [0, 0.05) is 50.7 Å². The van der Waals surface area contributed by atoms with E-state index in [0.717, 1.165) is 35.7 Å². The van der Waals surface area contributed by atoms with Crippen LogP contribution in [-0.4, -0.2) is 53.7 Å². The van der Waals surface area contributed by atoms with Gasteiger partial charge in [-0.05, 0) is 37.6 Å². The van der Waals surface area contributed by atoms with Crippen LogP contribution in [0.15, 0.2) is 36.8 Å². The average Bonchev–Trinajstić information content (AvgIpc) is 2.72. The normalized spacial score (nSPS) is 17.0. The van der Waals surface area contributed by atoms with Gasteiger partial charge in [0.15, 0.2) is 5.52 Å². The Morgan fingerprint density at radius 1 is 1.19 bits per heavy atom.